The van der Waals surface area contributed by atoms with Crippen molar-refractivity contribution in [1.82, 2.24) is 0 Å². The van der Waals surface area contributed by atoms with Crippen molar-refractivity contribution in [3.05, 3.63) is 45.8 Å². The molecule has 146 valence electrons. The first-order chi connectivity index (χ1) is 12.9. The van der Waals surface area contributed by atoms with Gasteiger partial charge < -0.3 is 23.9 Å². The van der Waals surface area contributed by atoms with Crippen LogP contribution in [-0.2, 0) is 14.3 Å². The lowest BCUT2D eigenvalue weighted by atomic mass is 10.2. The van der Waals surface area contributed by atoms with Crippen molar-refractivity contribution in [2.24, 2.45) is 0 Å². The van der Waals surface area contributed by atoms with Crippen LogP contribution in [0, 0.1) is 6.92 Å². The minimum atomic E-state index is -1.03. The van der Waals surface area contributed by atoms with Crippen LogP contribution in [0.5, 0.6) is 5.75 Å². The zero-order valence-electron chi connectivity index (χ0n) is 15.0. The Morgan fingerprint density at radius 2 is 1.89 bits per heavy atom. The third-order valence-electron chi connectivity index (χ3n) is 3.41. The van der Waals surface area contributed by atoms with Crippen molar-refractivity contribution in [1.29, 1.82) is 0 Å². The summed E-state index contributed by atoms with van der Waals surface area (Å²) in [5, 5.41) is 3.53. The number of hydrogen-bond donors (Lipinski definition) is 1. The van der Waals surface area contributed by atoms with Crippen molar-refractivity contribution in [2.45, 2.75) is 26.8 Å². The Hall–Kier alpha value is -2.38. The molecule has 2 aromatic rings. The van der Waals surface area contributed by atoms with Crippen molar-refractivity contribution >= 4 is 41.0 Å². The van der Waals surface area contributed by atoms with Crippen LogP contribution >= 0.6 is 23.2 Å². The van der Waals surface area contributed by atoms with Gasteiger partial charge in [-0.3, -0.25) is 0 Å². The molecule has 0 saturated heterocycles. The molecule has 0 amide bonds. The fourth-order valence-electron chi connectivity index (χ4n) is 2.21. The molecule has 2 rings (SSSR count). The maximum atomic E-state index is 12.4. The summed E-state index contributed by atoms with van der Waals surface area (Å²) < 4.78 is 20.5. The lowest BCUT2D eigenvalue weighted by Gasteiger charge is -2.17. The fourth-order valence-corrected chi connectivity index (χ4v) is 2.57. The molecule has 0 spiro atoms. The van der Waals surface area contributed by atoms with Crippen molar-refractivity contribution in [3.63, 3.8) is 0 Å². The van der Waals surface area contributed by atoms with E-state index in [0.29, 0.717) is 16.5 Å². The van der Waals surface area contributed by atoms with Crippen molar-refractivity contribution < 1.29 is 28.2 Å². The Balaban J connectivity index is 2.33. The number of halogens is 2. The number of anilines is 1. The molecule has 1 atom stereocenters. The summed E-state index contributed by atoms with van der Waals surface area (Å²) in [6.45, 7) is 5.27. The second kappa shape index (κ2) is 9.53. The highest BCUT2D eigenvalue weighted by Gasteiger charge is 2.28. The van der Waals surface area contributed by atoms with Gasteiger partial charge in [0.15, 0.2) is 11.8 Å². The number of hydrogen-bond acceptors (Lipinski definition) is 7. The summed E-state index contributed by atoms with van der Waals surface area (Å²) in [6, 6.07) is 5.35. The average molecular weight is 416 g/mol. The molecule has 0 aliphatic carbocycles. The van der Waals surface area contributed by atoms with Gasteiger partial charge in [-0.05, 0) is 32.9 Å². The van der Waals surface area contributed by atoms with Crippen LogP contribution in [-0.4, -0.2) is 25.3 Å². The van der Waals surface area contributed by atoms with E-state index >= 15 is 0 Å². The topological polar surface area (TPSA) is 87.0 Å². The van der Waals surface area contributed by atoms with Crippen LogP contribution in [0.4, 0.5) is 10.5 Å². The molecule has 0 saturated carbocycles. The zero-order valence-corrected chi connectivity index (χ0v) is 16.5. The second-order valence-electron chi connectivity index (χ2n) is 5.29. The van der Waals surface area contributed by atoms with Gasteiger partial charge in [0.05, 0.1) is 28.9 Å². The first kappa shape index (κ1) is 20.9. The van der Waals surface area contributed by atoms with Crippen LogP contribution in [0.1, 0.15) is 31.4 Å². The molecular weight excluding hydrogens is 397 g/mol. The molecular formula is C18H19Cl2NO6. The number of aryl methyl sites for hydroxylation is 1. The molecule has 1 heterocycles. The van der Waals surface area contributed by atoms with Crippen LogP contribution in [0.3, 0.4) is 0 Å². The standard InChI is InChI=1S/C18H19Cl2NO6/c1-4-24-17(22)16(21-12-8-6-7-11(19)15(12)20)14-9-13(10(3)26-14)27-18(23)25-5-2/h6-9,16,21H,4-5H2,1-3H3. The van der Waals surface area contributed by atoms with Crippen LogP contribution in [0.15, 0.2) is 28.7 Å². The molecule has 1 unspecified atom stereocenters. The molecule has 1 N–H and O–H groups in total. The molecule has 9 heteroatoms. The van der Waals surface area contributed by atoms with Gasteiger partial charge in [-0.2, -0.15) is 0 Å². The van der Waals surface area contributed by atoms with E-state index in [2.05, 4.69) is 5.32 Å². The van der Waals surface area contributed by atoms with Crippen molar-refractivity contribution in [2.75, 3.05) is 18.5 Å². The first-order valence-electron chi connectivity index (χ1n) is 8.19. The summed E-state index contributed by atoms with van der Waals surface area (Å²) in [6.07, 6.45) is -0.869. The highest BCUT2D eigenvalue weighted by atomic mass is 35.5. The minimum Gasteiger partial charge on any atom is -0.464 e. The molecule has 0 aliphatic heterocycles. The molecule has 27 heavy (non-hydrogen) atoms. The molecule has 0 fully saturated rings. The predicted molar refractivity (Wildman–Crippen MR) is 101 cm³/mol. The summed E-state index contributed by atoms with van der Waals surface area (Å²) in [5.41, 5.74) is 0.420. The number of esters is 1. The van der Waals surface area contributed by atoms with E-state index in [1.54, 1.807) is 39.0 Å². The minimum absolute atomic E-state index is 0.136. The number of rotatable bonds is 7. The van der Waals surface area contributed by atoms with Gasteiger partial charge in [0.25, 0.3) is 0 Å². The zero-order chi connectivity index (χ0) is 20.0. The quantitative estimate of drug-likeness (QED) is 0.625. The SMILES string of the molecule is CCOC(=O)Oc1cc(C(Nc2cccc(Cl)c2Cl)C(=O)OCC)oc1C. The Morgan fingerprint density at radius 1 is 1.19 bits per heavy atom. The maximum absolute atomic E-state index is 12.4. The van der Waals surface area contributed by atoms with E-state index in [1.807, 2.05) is 0 Å². The van der Waals surface area contributed by atoms with E-state index in [4.69, 9.17) is 41.8 Å². The predicted octanol–water partition coefficient (Wildman–Crippen LogP) is 5.15. The molecule has 1 aromatic heterocycles. The highest BCUT2D eigenvalue weighted by molar-refractivity contribution is 6.43. The molecule has 0 bridgehead atoms. The first-order valence-corrected chi connectivity index (χ1v) is 8.95. The normalized spacial score (nSPS) is 11.6. The summed E-state index contributed by atoms with van der Waals surface area (Å²) >= 11 is 12.2. The Bertz CT molecular complexity index is 820. The van der Waals surface area contributed by atoms with Crippen LogP contribution in [0.25, 0.3) is 0 Å². The number of ether oxygens (including phenoxy) is 3. The van der Waals surface area contributed by atoms with Gasteiger partial charge in [-0.25, -0.2) is 9.59 Å². The largest absolute Gasteiger partial charge is 0.513 e. The van der Waals surface area contributed by atoms with E-state index in [9.17, 15) is 9.59 Å². The van der Waals surface area contributed by atoms with Crippen molar-refractivity contribution in [3.8, 4) is 5.75 Å². The van der Waals surface area contributed by atoms with Gasteiger partial charge >= 0.3 is 12.1 Å². The number of benzene rings is 1. The lowest BCUT2D eigenvalue weighted by Crippen LogP contribution is -2.23. The monoisotopic (exact) mass is 415 g/mol. The summed E-state index contributed by atoms with van der Waals surface area (Å²) in [4.78, 5) is 24.0. The molecule has 1 aromatic carbocycles. The van der Waals surface area contributed by atoms with Gasteiger partial charge in [0.1, 0.15) is 11.5 Å². The Morgan fingerprint density at radius 3 is 2.56 bits per heavy atom. The molecule has 0 radical (unpaired) electrons. The Kier molecular flexibility index (Phi) is 7.38. The number of carbonyl (C=O) groups excluding carboxylic acids is 2. The third-order valence-corrected chi connectivity index (χ3v) is 4.22. The van der Waals surface area contributed by atoms with E-state index in [1.165, 1.54) is 6.07 Å². The smallest absolute Gasteiger partial charge is 0.464 e. The Labute approximate surface area is 166 Å². The lowest BCUT2D eigenvalue weighted by molar-refractivity contribution is -0.144. The summed E-state index contributed by atoms with van der Waals surface area (Å²) in [5.74, 6) is 0.0225. The fraction of sp³-hybridized carbons (Fsp3) is 0.333. The highest BCUT2D eigenvalue weighted by Crippen LogP contribution is 2.34. The van der Waals surface area contributed by atoms with Gasteiger partial charge in [0, 0.05) is 6.07 Å². The number of nitrogens with one attached hydrogen (secondary N) is 1. The van der Waals surface area contributed by atoms with Gasteiger partial charge in [-0.1, -0.05) is 29.3 Å². The maximum Gasteiger partial charge on any atom is 0.513 e. The molecule has 0 aliphatic rings. The third kappa shape index (κ3) is 5.30. The van der Waals surface area contributed by atoms with Gasteiger partial charge in [-0.15, -0.1) is 0 Å². The number of furan rings is 1. The van der Waals surface area contributed by atoms with Crippen LogP contribution in [0.2, 0.25) is 10.0 Å². The second-order valence-corrected chi connectivity index (χ2v) is 6.07. The van der Waals surface area contributed by atoms with E-state index < -0.39 is 18.2 Å². The van der Waals surface area contributed by atoms with E-state index in [0.717, 1.165) is 0 Å². The van der Waals surface area contributed by atoms with E-state index in [-0.39, 0.29) is 29.7 Å². The average Bonchev–Trinajstić information content (AvgIpc) is 2.96. The molecule has 7 nitrogen and oxygen atoms in total. The van der Waals surface area contributed by atoms with Crippen LogP contribution < -0.4 is 10.1 Å². The van der Waals surface area contributed by atoms with Gasteiger partial charge in [0.2, 0.25) is 0 Å². The number of carbonyl (C=O) groups is 2. The summed E-state index contributed by atoms with van der Waals surface area (Å²) in [7, 11) is 0.